The van der Waals surface area contributed by atoms with Gasteiger partial charge in [0.25, 0.3) is 0 Å². The third-order valence-electron chi connectivity index (χ3n) is 3.12. The minimum absolute atomic E-state index is 0.235. The Morgan fingerprint density at radius 3 is 2.74 bits per heavy atom. The van der Waals surface area contributed by atoms with Crippen LogP contribution in [0.15, 0.2) is 12.3 Å². The molecule has 0 radical (unpaired) electrons. The van der Waals surface area contributed by atoms with Crippen LogP contribution in [0.2, 0.25) is 5.02 Å². The van der Waals surface area contributed by atoms with Crippen LogP contribution in [0.1, 0.15) is 13.8 Å². The highest BCUT2D eigenvalue weighted by atomic mass is 35.5. The lowest BCUT2D eigenvalue weighted by molar-refractivity contribution is 0.505. The van der Waals surface area contributed by atoms with E-state index in [0.717, 1.165) is 0 Å². The van der Waals surface area contributed by atoms with Crippen LogP contribution in [0.5, 0.6) is 0 Å². The Kier molecular flexibility index (Phi) is 3.49. The molecule has 2 aromatic rings. The fourth-order valence-corrected chi connectivity index (χ4v) is 2.45. The highest BCUT2D eigenvalue weighted by molar-refractivity contribution is 7.92. The van der Waals surface area contributed by atoms with Gasteiger partial charge in [0, 0.05) is 19.0 Å². The van der Waals surface area contributed by atoms with Crippen LogP contribution in [-0.2, 0) is 16.4 Å². The zero-order valence-corrected chi connectivity index (χ0v) is 13.2. The Bertz CT molecular complexity index is 790. The summed E-state index contributed by atoms with van der Waals surface area (Å²) in [6.45, 7) is 3.57. The number of aromatic amines is 1. The van der Waals surface area contributed by atoms with Gasteiger partial charge in [0.2, 0.25) is 0 Å². The van der Waals surface area contributed by atoms with Gasteiger partial charge in [-0.1, -0.05) is 11.6 Å². The molecule has 0 atom stereocenters. The Morgan fingerprint density at radius 2 is 2.16 bits per heavy atom. The zero-order valence-electron chi connectivity index (χ0n) is 10.8. The number of nitrogens with zero attached hydrogens (tertiary/aromatic N) is 2. The Hall–Kier alpha value is -0.920. The number of imidazole rings is 1. The third-order valence-corrected chi connectivity index (χ3v) is 5.78. The lowest BCUT2D eigenvalue weighted by Gasteiger charge is -2.22. The van der Waals surface area contributed by atoms with Gasteiger partial charge in [0.15, 0.2) is 20.3 Å². The first kappa shape index (κ1) is 14.5. The minimum Gasteiger partial charge on any atom is -0.329 e. The number of sulfone groups is 1. The molecule has 0 saturated carbocycles. The van der Waals surface area contributed by atoms with Crippen molar-refractivity contribution in [3.05, 3.63) is 22.1 Å². The topological polar surface area (TPSA) is 67.8 Å². The lowest BCUT2D eigenvalue weighted by atomic mass is 10.2. The smallest absolute Gasteiger partial charge is 0.179 e. The number of hydrogen-bond donors (Lipinski definition) is 1. The van der Waals surface area contributed by atoms with E-state index >= 15 is 0 Å². The molecule has 0 saturated heterocycles. The van der Waals surface area contributed by atoms with Crippen molar-refractivity contribution >= 4 is 44.8 Å². The third kappa shape index (κ3) is 2.68. The normalized spacial score (nSPS) is 13.1. The van der Waals surface area contributed by atoms with Crippen LogP contribution < -0.4 is 0 Å². The van der Waals surface area contributed by atoms with Crippen molar-refractivity contribution in [2.24, 2.45) is 0 Å². The zero-order chi connectivity index (χ0) is 14.4. The number of rotatable bonds is 3. The van der Waals surface area contributed by atoms with E-state index in [-0.39, 0.29) is 6.54 Å². The molecule has 2 rings (SSSR count). The molecule has 104 valence electrons. The standard InChI is InChI=1S/C11H14ClN3O2S2/c1-11(2,19(3,16)17)6-15-9-8(14-10(15)18)4-7(12)5-13-9/h4-5H,6H2,1-3H3,(H,14,18). The quantitative estimate of drug-likeness (QED) is 0.883. The second kappa shape index (κ2) is 4.57. The molecule has 0 fully saturated rings. The molecular formula is C11H14ClN3O2S2. The van der Waals surface area contributed by atoms with Gasteiger partial charge in [-0.3, -0.25) is 4.57 Å². The first-order valence-corrected chi connectivity index (χ1v) is 8.23. The van der Waals surface area contributed by atoms with E-state index in [1.165, 1.54) is 12.5 Å². The number of aromatic nitrogens is 3. The maximum absolute atomic E-state index is 11.8. The molecule has 0 unspecified atom stereocenters. The van der Waals surface area contributed by atoms with Gasteiger partial charge < -0.3 is 4.98 Å². The first-order chi connectivity index (χ1) is 8.62. The van der Waals surface area contributed by atoms with E-state index in [9.17, 15) is 8.42 Å². The molecular weight excluding hydrogens is 306 g/mol. The van der Waals surface area contributed by atoms with Gasteiger partial charge in [-0.25, -0.2) is 13.4 Å². The molecule has 0 spiro atoms. The maximum Gasteiger partial charge on any atom is 0.179 e. The summed E-state index contributed by atoms with van der Waals surface area (Å²) in [5.74, 6) is 0. The first-order valence-electron chi connectivity index (χ1n) is 5.55. The second-order valence-electron chi connectivity index (χ2n) is 5.07. The van der Waals surface area contributed by atoms with Crippen molar-refractivity contribution in [3.63, 3.8) is 0 Å². The van der Waals surface area contributed by atoms with Crippen LogP contribution in [0, 0.1) is 4.77 Å². The van der Waals surface area contributed by atoms with Gasteiger partial charge in [0.05, 0.1) is 15.3 Å². The number of fused-ring (bicyclic) bond motifs is 1. The van der Waals surface area contributed by atoms with E-state index in [1.54, 1.807) is 24.5 Å². The summed E-state index contributed by atoms with van der Waals surface area (Å²) in [5.41, 5.74) is 1.30. The molecule has 5 nitrogen and oxygen atoms in total. The van der Waals surface area contributed by atoms with E-state index in [0.29, 0.717) is 21.0 Å². The molecule has 0 aliphatic carbocycles. The van der Waals surface area contributed by atoms with Crippen LogP contribution in [0.25, 0.3) is 11.2 Å². The number of H-pyrrole nitrogens is 1. The molecule has 2 heterocycles. The largest absolute Gasteiger partial charge is 0.329 e. The molecule has 0 aromatic carbocycles. The van der Waals surface area contributed by atoms with Crippen molar-refractivity contribution in [1.82, 2.24) is 14.5 Å². The van der Waals surface area contributed by atoms with Gasteiger partial charge in [0.1, 0.15) is 0 Å². The fourth-order valence-electron chi connectivity index (χ4n) is 1.66. The fraction of sp³-hybridized carbons (Fsp3) is 0.455. The summed E-state index contributed by atoms with van der Waals surface area (Å²) in [6.07, 6.45) is 2.73. The predicted molar refractivity (Wildman–Crippen MR) is 78.9 cm³/mol. The Morgan fingerprint density at radius 1 is 1.53 bits per heavy atom. The number of halogens is 1. The van der Waals surface area contributed by atoms with Crippen LogP contribution in [0.3, 0.4) is 0 Å². The summed E-state index contributed by atoms with van der Waals surface area (Å²) in [7, 11) is -3.21. The Balaban J connectivity index is 2.59. The van der Waals surface area contributed by atoms with Gasteiger partial charge in [-0.05, 0) is 32.1 Å². The highest BCUT2D eigenvalue weighted by Crippen LogP contribution is 2.22. The van der Waals surface area contributed by atoms with Gasteiger partial charge in [-0.15, -0.1) is 0 Å². The summed E-state index contributed by atoms with van der Waals surface area (Å²) in [4.78, 5) is 7.18. The average Bonchev–Trinajstić information content (AvgIpc) is 2.52. The number of pyridine rings is 1. The molecule has 2 aromatic heterocycles. The van der Waals surface area contributed by atoms with Crippen LogP contribution in [0.4, 0.5) is 0 Å². The monoisotopic (exact) mass is 319 g/mol. The highest BCUT2D eigenvalue weighted by Gasteiger charge is 2.31. The second-order valence-corrected chi connectivity index (χ2v) is 8.55. The van der Waals surface area contributed by atoms with Crippen molar-refractivity contribution in [3.8, 4) is 0 Å². The lowest BCUT2D eigenvalue weighted by Crippen LogP contribution is -2.35. The van der Waals surface area contributed by atoms with E-state index < -0.39 is 14.6 Å². The van der Waals surface area contributed by atoms with E-state index in [2.05, 4.69) is 9.97 Å². The average molecular weight is 320 g/mol. The van der Waals surface area contributed by atoms with Crippen LogP contribution >= 0.6 is 23.8 Å². The molecule has 0 amide bonds. The summed E-state index contributed by atoms with van der Waals surface area (Å²) in [5, 5.41) is 0.498. The van der Waals surface area contributed by atoms with Gasteiger partial charge in [-0.2, -0.15) is 0 Å². The van der Waals surface area contributed by atoms with Crippen molar-refractivity contribution in [2.75, 3.05) is 6.26 Å². The van der Waals surface area contributed by atoms with Gasteiger partial charge >= 0.3 is 0 Å². The maximum atomic E-state index is 11.8. The van der Waals surface area contributed by atoms with Crippen molar-refractivity contribution in [2.45, 2.75) is 25.1 Å². The molecule has 0 aliphatic rings. The van der Waals surface area contributed by atoms with Crippen molar-refractivity contribution in [1.29, 1.82) is 0 Å². The Labute approximate surface area is 121 Å². The number of hydrogen-bond acceptors (Lipinski definition) is 4. The molecule has 0 aliphatic heterocycles. The summed E-state index contributed by atoms with van der Waals surface area (Å²) < 4.78 is 24.7. The minimum atomic E-state index is -3.21. The van der Waals surface area contributed by atoms with Crippen LogP contribution in [-0.4, -0.2) is 34.0 Å². The van der Waals surface area contributed by atoms with Crippen molar-refractivity contribution < 1.29 is 8.42 Å². The number of nitrogens with one attached hydrogen (secondary N) is 1. The van der Waals surface area contributed by atoms with E-state index in [1.807, 2.05) is 0 Å². The SMILES string of the molecule is CC(C)(Cn1c(=S)[nH]c2cc(Cl)cnc21)S(C)(=O)=O. The molecule has 8 heteroatoms. The van der Waals surface area contributed by atoms with E-state index in [4.69, 9.17) is 23.8 Å². The molecule has 1 N–H and O–H groups in total. The summed E-state index contributed by atoms with van der Waals surface area (Å²) in [6, 6.07) is 1.71. The predicted octanol–water partition coefficient (Wildman–Crippen LogP) is 2.57. The summed E-state index contributed by atoms with van der Waals surface area (Å²) >= 11 is 11.1. The molecule has 19 heavy (non-hydrogen) atoms. The molecule has 0 bridgehead atoms.